The van der Waals surface area contributed by atoms with Crippen molar-refractivity contribution in [1.29, 1.82) is 0 Å². The molecular formula is C16H27N3O4S. The number of nitrogens with one attached hydrogen (secondary N) is 2. The van der Waals surface area contributed by atoms with Crippen LogP contribution in [0.25, 0.3) is 0 Å². The van der Waals surface area contributed by atoms with Gasteiger partial charge in [-0.05, 0) is 31.0 Å². The monoisotopic (exact) mass is 357 g/mol. The first-order valence-electron chi connectivity index (χ1n) is 7.85. The van der Waals surface area contributed by atoms with E-state index in [0.717, 1.165) is 35.6 Å². The van der Waals surface area contributed by atoms with E-state index in [2.05, 4.69) is 22.2 Å². The SMILES string of the molecule is C=CS(=O)(=O)CCOCCNc1cc(C)cc(NCCCOC)n1. The van der Waals surface area contributed by atoms with Gasteiger partial charge in [0, 0.05) is 32.2 Å². The molecule has 0 atom stereocenters. The van der Waals surface area contributed by atoms with Crippen LogP contribution in [0.2, 0.25) is 0 Å². The van der Waals surface area contributed by atoms with Crippen molar-refractivity contribution in [2.75, 3.05) is 56.4 Å². The molecular weight excluding hydrogens is 330 g/mol. The standard InChI is InChI=1S/C16H27N3O4S/c1-4-24(20,21)11-10-23-9-7-18-16-13-14(2)12-15(19-16)17-6-5-8-22-3/h4,12-13H,1,5-11H2,2-3H3,(H2,17,18,19). The second-order valence-corrected chi connectivity index (χ2v) is 7.33. The number of aromatic nitrogens is 1. The number of nitrogens with zero attached hydrogens (tertiary/aromatic N) is 1. The van der Waals surface area contributed by atoms with Gasteiger partial charge < -0.3 is 20.1 Å². The topological polar surface area (TPSA) is 89.6 Å². The molecule has 24 heavy (non-hydrogen) atoms. The van der Waals surface area contributed by atoms with Gasteiger partial charge >= 0.3 is 0 Å². The average molecular weight is 357 g/mol. The molecule has 1 rings (SSSR count). The predicted octanol–water partition coefficient (Wildman–Crippen LogP) is 1.83. The van der Waals surface area contributed by atoms with E-state index in [1.54, 1.807) is 7.11 Å². The van der Waals surface area contributed by atoms with Crippen LogP contribution in [0.5, 0.6) is 0 Å². The number of pyridine rings is 1. The van der Waals surface area contributed by atoms with Gasteiger partial charge in [-0.2, -0.15) is 0 Å². The lowest BCUT2D eigenvalue weighted by Gasteiger charge is -2.11. The van der Waals surface area contributed by atoms with Gasteiger partial charge in [-0.15, -0.1) is 0 Å². The van der Waals surface area contributed by atoms with Crippen LogP contribution in [0.4, 0.5) is 11.6 Å². The Kier molecular flexibility index (Phi) is 9.36. The molecule has 0 fully saturated rings. The van der Waals surface area contributed by atoms with Crippen molar-refractivity contribution < 1.29 is 17.9 Å². The Hall–Kier alpha value is -1.64. The predicted molar refractivity (Wildman–Crippen MR) is 97.2 cm³/mol. The first kappa shape index (κ1) is 20.4. The highest BCUT2D eigenvalue weighted by Gasteiger charge is 2.04. The molecule has 0 spiro atoms. The van der Waals surface area contributed by atoms with Gasteiger partial charge in [0.15, 0.2) is 9.84 Å². The highest BCUT2D eigenvalue weighted by molar-refractivity contribution is 7.94. The molecule has 1 aromatic rings. The molecule has 7 nitrogen and oxygen atoms in total. The summed E-state index contributed by atoms with van der Waals surface area (Å²) in [5, 5.41) is 7.38. The number of hydrogen-bond donors (Lipinski definition) is 2. The van der Waals surface area contributed by atoms with E-state index in [-0.39, 0.29) is 12.4 Å². The average Bonchev–Trinajstić information content (AvgIpc) is 2.54. The lowest BCUT2D eigenvalue weighted by molar-refractivity contribution is 0.159. The van der Waals surface area contributed by atoms with Crippen molar-refractivity contribution in [3.05, 3.63) is 29.7 Å². The number of anilines is 2. The number of hydrogen-bond acceptors (Lipinski definition) is 7. The summed E-state index contributed by atoms with van der Waals surface area (Å²) in [4.78, 5) is 4.47. The summed E-state index contributed by atoms with van der Waals surface area (Å²) in [6.45, 7) is 7.88. The van der Waals surface area contributed by atoms with Gasteiger partial charge in [-0.1, -0.05) is 6.58 Å². The molecule has 0 saturated carbocycles. The second kappa shape index (κ2) is 11.0. The molecule has 0 bridgehead atoms. The normalized spacial score (nSPS) is 11.2. The van der Waals surface area contributed by atoms with Crippen molar-refractivity contribution in [3.63, 3.8) is 0 Å². The summed E-state index contributed by atoms with van der Waals surface area (Å²) in [5.41, 5.74) is 1.10. The maximum absolute atomic E-state index is 11.2. The Morgan fingerprint density at radius 2 is 1.83 bits per heavy atom. The molecule has 0 unspecified atom stereocenters. The summed E-state index contributed by atoms with van der Waals surface area (Å²) < 4.78 is 32.7. The van der Waals surface area contributed by atoms with Crippen LogP contribution in [-0.2, 0) is 19.3 Å². The van der Waals surface area contributed by atoms with Crippen LogP contribution in [0, 0.1) is 6.92 Å². The summed E-state index contributed by atoms with van der Waals surface area (Å²) >= 11 is 0. The lowest BCUT2D eigenvalue weighted by atomic mass is 10.3. The maximum Gasteiger partial charge on any atom is 0.173 e. The van der Waals surface area contributed by atoms with Crippen LogP contribution in [0.3, 0.4) is 0 Å². The minimum Gasteiger partial charge on any atom is -0.385 e. The Morgan fingerprint density at radius 1 is 1.17 bits per heavy atom. The molecule has 0 saturated heterocycles. The fraction of sp³-hybridized carbons (Fsp3) is 0.562. The van der Waals surface area contributed by atoms with Gasteiger partial charge in [-0.3, -0.25) is 0 Å². The Labute approximate surface area is 144 Å². The largest absolute Gasteiger partial charge is 0.385 e. The fourth-order valence-electron chi connectivity index (χ4n) is 1.89. The second-order valence-electron chi connectivity index (χ2n) is 5.26. The fourth-order valence-corrected chi connectivity index (χ4v) is 2.41. The van der Waals surface area contributed by atoms with E-state index in [1.165, 1.54) is 0 Å². The summed E-state index contributed by atoms with van der Waals surface area (Å²) in [6, 6.07) is 3.93. The van der Waals surface area contributed by atoms with Crippen molar-refractivity contribution in [2.45, 2.75) is 13.3 Å². The molecule has 0 aliphatic heterocycles. The van der Waals surface area contributed by atoms with Crippen LogP contribution >= 0.6 is 0 Å². The van der Waals surface area contributed by atoms with E-state index in [0.29, 0.717) is 19.8 Å². The zero-order valence-corrected chi connectivity index (χ0v) is 15.2. The van der Waals surface area contributed by atoms with Gasteiger partial charge in [0.2, 0.25) is 0 Å². The van der Waals surface area contributed by atoms with E-state index in [4.69, 9.17) is 9.47 Å². The lowest BCUT2D eigenvalue weighted by Crippen LogP contribution is -2.15. The van der Waals surface area contributed by atoms with Crippen molar-refractivity contribution in [3.8, 4) is 0 Å². The highest BCUT2D eigenvalue weighted by Crippen LogP contribution is 2.13. The first-order chi connectivity index (χ1) is 11.5. The molecule has 0 radical (unpaired) electrons. The third-order valence-corrected chi connectivity index (χ3v) is 4.36. The van der Waals surface area contributed by atoms with Crippen molar-refractivity contribution in [2.24, 2.45) is 0 Å². The van der Waals surface area contributed by atoms with Crippen molar-refractivity contribution >= 4 is 21.5 Å². The highest BCUT2D eigenvalue weighted by atomic mass is 32.2. The molecule has 1 heterocycles. The number of sulfone groups is 1. The summed E-state index contributed by atoms with van der Waals surface area (Å²) in [5.74, 6) is 1.52. The summed E-state index contributed by atoms with van der Waals surface area (Å²) in [7, 11) is -1.51. The van der Waals surface area contributed by atoms with E-state index < -0.39 is 9.84 Å². The molecule has 0 aliphatic rings. The van der Waals surface area contributed by atoms with Gasteiger partial charge in [0.1, 0.15) is 11.6 Å². The van der Waals surface area contributed by atoms with Crippen LogP contribution in [0.1, 0.15) is 12.0 Å². The molecule has 1 aromatic heterocycles. The number of aryl methyl sites for hydroxylation is 1. The van der Waals surface area contributed by atoms with Gasteiger partial charge in [-0.25, -0.2) is 13.4 Å². The molecule has 136 valence electrons. The third-order valence-electron chi connectivity index (χ3n) is 3.12. The van der Waals surface area contributed by atoms with Crippen LogP contribution < -0.4 is 10.6 Å². The van der Waals surface area contributed by atoms with Crippen LogP contribution in [0.15, 0.2) is 24.1 Å². The van der Waals surface area contributed by atoms with Crippen molar-refractivity contribution in [1.82, 2.24) is 4.98 Å². The van der Waals surface area contributed by atoms with Gasteiger partial charge in [0.05, 0.1) is 19.0 Å². The molecule has 8 heteroatoms. The number of methoxy groups -OCH3 is 1. The first-order valence-corrected chi connectivity index (χ1v) is 9.56. The van der Waals surface area contributed by atoms with E-state index in [9.17, 15) is 8.42 Å². The number of ether oxygens (including phenoxy) is 2. The van der Waals surface area contributed by atoms with Gasteiger partial charge in [0.25, 0.3) is 0 Å². The maximum atomic E-state index is 11.2. The zero-order valence-electron chi connectivity index (χ0n) is 14.4. The molecule has 0 aromatic carbocycles. The summed E-state index contributed by atoms with van der Waals surface area (Å²) in [6.07, 6.45) is 0.913. The Balaban J connectivity index is 2.31. The molecule has 0 amide bonds. The van der Waals surface area contributed by atoms with Crippen LogP contribution in [-0.4, -0.2) is 59.2 Å². The molecule has 2 N–H and O–H groups in total. The third kappa shape index (κ3) is 8.85. The Morgan fingerprint density at radius 3 is 2.46 bits per heavy atom. The Bertz CT molecular complexity index is 605. The molecule has 0 aliphatic carbocycles. The minimum atomic E-state index is -3.19. The zero-order chi connectivity index (χ0) is 17.8. The quantitative estimate of drug-likeness (QED) is 0.521. The minimum absolute atomic E-state index is 0.0469. The number of rotatable bonds is 13. The smallest absolute Gasteiger partial charge is 0.173 e. The van der Waals surface area contributed by atoms with E-state index >= 15 is 0 Å². The van der Waals surface area contributed by atoms with E-state index in [1.807, 2.05) is 19.1 Å².